The van der Waals surface area contributed by atoms with Crippen LogP contribution in [0.15, 0.2) is 0 Å². The molecule has 0 saturated heterocycles. The van der Waals surface area contributed by atoms with Crippen molar-refractivity contribution in [2.75, 3.05) is 6.54 Å². The lowest BCUT2D eigenvalue weighted by Crippen LogP contribution is -2.29. The highest BCUT2D eigenvalue weighted by molar-refractivity contribution is 4.65. The molecule has 0 radical (unpaired) electrons. The van der Waals surface area contributed by atoms with E-state index in [1.54, 1.807) is 0 Å². The van der Waals surface area contributed by atoms with Crippen LogP contribution in [-0.4, -0.2) is 24.0 Å². The molecule has 0 aromatic rings. The molecule has 1 atom stereocenters. The van der Waals surface area contributed by atoms with Crippen molar-refractivity contribution in [3.05, 3.63) is 0 Å². The minimum atomic E-state index is -0.752. The van der Waals surface area contributed by atoms with E-state index in [1.165, 1.54) is 19.3 Å². The first-order chi connectivity index (χ1) is 5.33. The normalized spacial score (nSPS) is 23.5. The third kappa shape index (κ3) is 3.18. The maximum atomic E-state index is 9.06. The van der Waals surface area contributed by atoms with Crippen molar-refractivity contribution in [1.29, 1.82) is 0 Å². The van der Waals surface area contributed by atoms with Gasteiger partial charge in [-0.05, 0) is 12.8 Å². The smallest absolute Gasteiger partial charge is 0.167 e. The number of aliphatic hydroxyl groups is 1. The Morgan fingerprint density at radius 1 is 1.36 bits per heavy atom. The largest absolute Gasteiger partial charge is 0.367 e. The molecule has 1 aliphatic carbocycles. The molecule has 1 fully saturated rings. The van der Waals surface area contributed by atoms with Gasteiger partial charge in [-0.25, -0.2) is 0 Å². The highest BCUT2D eigenvalue weighted by Crippen LogP contribution is 2.20. The van der Waals surface area contributed by atoms with Crippen LogP contribution in [0.3, 0.4) is 0 Å². The second-order valence-electron chi connectivity index (χ2n) is 3.09. The zero-order chi connectivity index (χ0) is 8.10. The Hall–Kier alpha value is -0.120. The van der Waals surface area contributed by atoms with Gasteiger partial charge < -0.3 is 15.6 Å². The van der Waals surface area contributed by atoms with Gasteiger partial charge in [0.25, 0.3) is 0 Å². The molecule has 1 saturated carbocycles. The first kappa shape index (κ1) is 8.97. The average Bonchev–Trinajstić information content (AvgIpc) is 2.06. The fraction of sp³-hybridized carbons (Fsp3) is 1.00. The van der Waals surface area contributed by atoms with E-state index in [2.05, 4.69) is 0 Å². The van der Waals surface area contributed by atoms with Gasteiger partial charge in [0.1, 0.15) is 0 Å². The molecule has 0 aromatic carbocycles. The van der Waals surface area contributed by atoms with Gasteiger partial charge in [-0.3, -0.25) is 0 Å². The lowest BCUT2D eigenvalue weighted by molar-refractivity contribution is -0.136. The van der Waals surface area contributed by atoms with Crippen LogP contribution in [0.5, 0.6) is 0 Å². The van der Waals surface area contributed by atoms with Gasteiger partial charge in [-0.15, -0.1) is 0 Å². The van der Waals surface area contributed by atoms with Gasteiger partial charge >= 0.3 is 0 Å². The van der Waals surface area contributed by atoms with Gasteiger partial charge in [0.15, 0.2) is 6.29 Å². The number of hydrogen-bond donors (Lipinski definition) is 2. The SMILES string of the molecule is NCC(O)OC1CCCCC1. The molecule has 0 aromatic heterocycles. The zero-order valence-electron chi connectivity index (χ0n) is 6.83. The van der Waals surface area contributed by atoms with Crippen LogP contribution in [0, 0.1) is 0 Å². The van der Waals surface area contributed by atoms with E-state index in [9.17, 15) is 0 Å². The molecule has 1 unspecified atom stereocenters. The third-order valence-corrected chi connectivity index (χ3v) is 2.10. The molecular weight excluding hydrogens is 142 g/mol. The van der Waals surface area contributed by atoms with E-state index in [1.807, 2.05) is 0 Å². The summed E-state index contributed by atoms with van der Waals surface area (Å²) in [4.78, 5) is 0. The first-order valence-corrected chi connectivity index (χ1v) is 4.36. The topological polar surface area (TPSA) is 55.5 Å². The summed E-state index contributed by atoms with van der Waals surface area (Å²) >= 11 is 0. The summed E-state index contributed by atoms with van der Waals surface area (Å²) in [6, 6.07) is 0. The summed E-state index contributed by atoms with van der Waals surface area (Å²) in [5.41, 5.74) is 5.21. The minimum Gasteiger partial charge on any atom is -0.367 e. The van der Waals surface area contributed by atoms with Crippen LogP contribution in [0.25, 0.3) is 0 Å². The number of ether oxygens (including phenoxy) is 1. The predicted molar refractivity (Wildman–Crippen MR) is 43.0 cm³/mol. The number of hydrogen-bond acceptors (Lipinski definition) is 3. The standard InChI is InChI=1S/C8H17NO2/c9-6-8(10)11-7-4-2-1-3-5-7/h7-8,10H,1-6,9H2. The van der Waals surface area contributed by atoms with E-state index in [-0.39, 0.29) is 12.6 Å². The van der Waals surface area contributed by atoms with Crippen molar-refractivity contribution in [3.8, 4) is 0 Å². The average molecular weight is 159 g/mol. The third-order valence-electron chi connectivity index (χ3n) is 2.10. The number of nitrogens with two attached hydrogens (primary N) is 1. The fourth-order valence-electron chi connectivity index (χ4n) is 1.48. The van der Waals surface area contributed by atoms with Crippen LogP contribution >= 0.6 is 0 Å². The Kier molecular flexibility index (Phi) is 3.83. The lowest BCUT2D eigenvalue weighted by Gasteiger charge is -2.24. The maximum Gasteiger partial charge on any atom is 0.167 e. The van der Waals surface area contributed by atoms with Crippen molar-refractivity contribution in [3.63, 3.8) is 0 Å². The van der Waals surface area contributed by atoms with E-state index < -0.39 is 6.29 Å². The summed E-state index contributed by atoms with van der Waals surface area (Å²) in [7, 11) is 0. The van der Waals surface area contributed by atoms with Gasteiger partial charge in [0.05, 0.1) is 6.10 Å². The quantitative estimate of drug-likeness (QED) is 0.593. The summed E-state index contributed by atoms with van der Waals surface area (Å²) < 4.78 is 5.27. The Bertz CT molecular complexity index is 102. The highest BCUT2D eigenvalue weighted by atomic mass is 16.6. The molecule has 66 valence electrons. The van der Waals surface area contributed by atoms with Gasteiger partial charge in [0.2, 0.25) is 0 Å². The molecule has 0 heterocycles. The van der Waals surface area contributed by atoms with Crippen molar-refractivity contribution in [2.45, 2.75) is 44.5 Å². The van der Waals surface area contributed by atoms with Crippen LogP contribution in [0.4, 0.5) is 0 Å². The summed E-state index contributed by atoms with van der Waals surface area (Å²) in [5.74, 6) is 0. The molecule has 3 nitrogen and oxygen atoms in total. The molecule has 0 spiro atoms. The minimum absolute atomic E-state index is 0.205. The summed E-state index contributed by atoms with van der Waals surface area (Å²) in [6.07, 6.45) is 5.41. The Balaban J connectivity index is 2.13. The monoisotopic (exact) mass is 159 g/mol. The van der Waals surface area contributed by atoms with Gasteiger partial charge in [-0.2, -0.15) is 0 Å². The molecular formula is C8H17NO2. The zero-order valence-corrected chi connectivity index (χ0v) is 6.83. The Morgan fingerprint density at radius 3 is 2.55 bits per heavy atom. The van der Waals surface area contributed by atoms with E-state index >= 15 is 0 Å². The van der Waals surface area contributed by atoms with Crippen LogP contribution in [0.2, 0.25) is 0 Å². The fourth-order valence-corrected chi connectivity index (χ4v) is 1.48. The molecule has 3 heteroatoms. The van der Waals surface area contributed by atoms with Crippen molar-refractivity contribution in [2.24, 2.45) is 5.73 Å². The van der Waals surface area contributed by atoms with E-state index in [4.69, 9.17) is 15.6 Å². The molecule has 0 amide bonds. The van der Waals surface area contributed by atoms with E-state index in [0.29, 0.717) is 0 Å². The maximum absolute atomic E-state index is 9.06. The second kappa shape index (κ2) is 4.70. The Labute approximate surface area is 67.5 Å². The predicted octanol–water partition coefficient (Wildman–Crippen LogP) is 0.613. The van der Waals surface area contributed by atoms with Gasteiger partial charge in [-0.1, -0.05) is 19.3 Å². The molecule has 1 aliphatic rings. The first-order valence-electron chi connectivity index (χ1n) is 4.36. The molecule has 0 bridgehead atoms. The molecule has 3 N–H and O–H groups in total. The van der Waals surface area contributed by atoms with Crippen LogP contribution in [-0.2, 0) is 4.74 Å². The van der Waals surface area contributed by atoms with Crippen LogP contribution < -0.4 is 5.73 Å². The summed E-state index contributed by atoms with van der Waals surface area (Å²) in [5, 5.41) is 9.06. The van der Waals surface area contributed by atoms with Crippen molar-refractivity contribution >= 4 is 0 Å². The lowest BCUT2D eigenvalue weighted by atomic mass is 9.98. The number of aliphatic hydroxyl groups excluding tert-OH is 1. The number of rotatable bonds is 3. The van der Waals surface area contributed by atoms with Crippen molar-refractivity contribution < 1.29 is 9.84 Å². The van der Waals surface area contributed by atoms with Crippen molar-refractivity contribution in [1.82, 2.24) is 0 Å². The van der Waals surface area contributed by atoms with Gasteiger partial charge in [0, 0.05) is 6.54 Å². The Morgan fingerprint density at radius 2 is 2.00 bits per heavy atom. The molecule has 1 rings (SSSR count). The van der Waals surface area contributed by atoms with E-state index in [0.717, 1.165) is 12.8 Å². The van der Waals surface area contributed by atoms with Crippen LogP contribution in [0.1, 0.15) is 32.1 Å². The highest BCUT2D eigenvalue weighted by Gasteiger charge is 2.16. The molecule has 0 aliphatic heterocycles. The second-order valence-corrected chi connectivity index (χ2v) is 3.09. The molecule has 11 heavy (non-hydrogen) atoms. The summed E-state index contributed by atoms with van der Waals surface area (Å²) in [6.45, 7) is 0.205.